The smallest absolute Gasteiger partial charge is 0.274 e. The second kappa shape index (κ2) is 7.33. The molecule has 32 heavy (non-hydrogen) atoms. The maximum Gasteiger partial charge on any atom is 0.274 e. The Labute approximate surface area is 184 Å². The Hall–Kier alpha value is -3.40. The summed E-state index contributed by atoms with van der Waals surface area (Å²) in [6.07, 6.45) is 5.66. The highest BCUT2D eigenvalue weighted by molar-refractivity contribution is 6.00. The molecule has 0 bridgehead atoms. The van der Waals surface area contributed by atoms with Crippen molar-refractivity contribution in [1.82, 2.24) is 24.5 Å². The first kappa shape index (κ1) is 20.5. The van der Waals surface area contributed by atoms with Crippen LogP contribution in [-0.2, 0) is 0 Å². The minimum atomic E-state index is -0.765. The van der Waals surface area contributed by atoms with Crippen LogP contribution in [0.15, 0.2) is 35.4 Å². The summed E-state index contributed by atoms with van der Waals surface area (Å²) in [5, 5.41) is 24.0. The Morgan fingerprint density at radius 1 is 1.34 bits per heavy atom. The molecule has 10 nitrogen and oxygen atoms in total. The van der Waals surface area contributed by atoms with Gasteiger partial charge in [0.2, 0.25) is 0 Å². The molecule has 4 N–H and O–H groups in total. The van der Waals surface area contributed by atoms with Gasteiger partial charge in [-0.05, 0) is 51.2 Å². The fraction of sp³-hybridized carbons (Fsp3) is 0.455. The minimum absolute atomic E-state index is 0.0224. The van der Waals surface area contributed by atoms with E-state index in [0.717, 1.165) is 19.3 Å². The molecule has 3 aromatic heterocycles. The van der Waals surface area contributed by atoms with Gasteiger partial charge in [-0.25, -0.2) is 4.98 Å². The van der Waals surface area contributed by atoms with Crippen molar-refractivity contribution >= 4 is 28.9 Å². The minimum Gasteiger partial charge on any atom is -0.387 e. The van der Waals surface area contributed by atoms with Crippen LogP contribution in [0.3, 0.4) is 0 Å². The van der Waals surface area contributed by atoms with E-state index in [0.29, 0.717) is 34.5 Å². The lowest BCUT2D eigenvalue weighted by molar-refractivity contribution is 0.0790. The number of hydrogen-bond acceptors (Lipinski definition) is 7. The van der Waals surface area contributed by atoms with Gasteiger partial charge >= 0.3 is 0 Å². The van der Waals surface area contributed by atoms with Crippen molar-refractivity contribution in [2.75, 3.05) is 17.7 Å². The third kappa shape index (κ3) is 3.22. The highest BCUT2D eigenvalue weighted by Crippen LogP contribution is 2.55. The number of rotatable bonds is 6. The van der Waals surface area contributed by atoms with Crippen LogP contribution in [0.2, 0.25) is 0 Å². The lowest BCUT2D eigenvalue weighted by Crippen LogP contribution is -2.43. The number of fused-ring (bicyclic) bond motifs is 2. The highest BCUT2D eigenvalue weighted by Gasteiger charge is 2.62. The average Bonchev–Trinajstić information content (AvgIpc) is 3.09. The zero-order valence-corrected chi connectivity index (χ0v) is 18.3. The van der Waals surface area contributed by atoms with Crippen LogP contribution in [0, 0.1) is 5.92 Å². The van der Waals surface area contributed by atoms with Gasteiger partial charge in [-0.3, -0.25) is 9.59 Å². The summed E-state index contributed by atoms with van der Waals surface area (Å²) in [6, 6.07) is 5.00. The maximum atomic E-state index is 13.0. The van der Waals surface area contributed by atoms with Gasteiger partial charge < -0.3 is 25.6 Å². The predicted molar refractivity (Wildman–Crippen MR) is 120 cm³/mol. The first-order valence-corrected chi connectivity index (χ1v) is 10.9. The van der Waals surface area contributed by atoms with E-state index < -0.39 is 5.60 Å². The Morgan fingerprint density at radius 3 is 2.81 bits per heavy atom. The van der Waals surface area contributed by atoms with Crippen LogP contribution in [0.5, 0.6) is 0 Å². The molecule has 3 atom stereocenters. The summed E-state index contributed by atoms with van der Waals surface area (Å²) >= 11 is 0. The summed E-state index contributed by atoms with van der Waals surface area (Å²) in [5.74, 6) is 0.997. The molecule has 2 aliphatic rings. The third-order valence-electron chi connectivity index (χ3n) is 6.60. The summed E-state index contributed by atoms with van der Waals surface area (Å²) in [6.45, 7) is 3.88. The molecule has 0 saturated heterocycles. The van der Waals surface area contributed by atoms with Crippen molar-refractivity contribution in [3.05, 3.63) is 46.5 Å². The van der Waals surface area contributed by atoms with Crippen molar-refractivity contribution < 1.29 is 9.90 Å². The van der Waals surface area contributed by atoms with Crippen LogP contribution in [-0.4, -0.2) is 48.9 Å². The Bertz CT molecular complexity index is 1260. The summed E-state index contributed by atoms with van der Waals surface area (Å²) in [5.41, 5.74) is 0.131. The number of hydrogen-bond donors (Lipinski definition) is 4. The van der Waals surface area contributed by atoms with Gasteiger partial charge in [-0.2, -0.15) is 9.61 Å². The lowest BCUT2D eigenvalue weighted by atomic mass is 10.1. The third-order valence-corrected chi connectivity index (χ3v) is 6.60. The van der Waals surface area contributed by atoms with Gasteiger partial charge in [-0.1, -0.05) is 0 Å². The summed E-state index contributed by atoms with van der Waals surface area (Å²) in [4.78, 5) is 30.4. The van der Waals surface area contributed by atoms with E-state index in [1.807, 2.05) is 13.8 Å². The van der Waals surface area contributed by atoms with Crippen molar-refractivity contribution in [3.63, 3.8) is 0 Å². The molecule has 0 spiro atoms. The summed E-state index contributed by atoms with van der Waals surface area (Å²) in [7, 11) is 1.75. The van der Waals surface area contributed by atoms with Crippen molar-refractivity contribution in [2.24, 2.45) is 5.92 Å². The van der Waals surface area contributed by atoms with Crippen LogP contribution in [0.4, 0.5) is 17.3 Å². The number of nitrogens with one attached hydrogen (secondary N) is 3. The molecule has 3 heterocycles. The van der Waals surface area contributed by atoms with Gasteiger partial charge in [0.1, 0.15) is 22.9 Å². The van der Waals surface area contributed by atoms with Crippen molar-refractivity contribution in [1.29, 1.82) is 0 Å². The number of pyridine rings is 1. The molecule has 5 rings (SSSR count). The number of carbonyl (C=O) groups is 1. The second-order valence-electron chi connectivity index (χ2n) is 8.92. The standard InChI is InChI=1S/C22H27N7O3/c1-12(2)28-8-4-5-15(21(28)31)25-17-9-18(23-3)29-19(27-17)14(11-24-29)20(30)26-16-7-6-13-10-22(13,16)32/h4-5,8-9,11-13,16,23,32H,6-7,10H2,1-3H3,(H,25,27)(H,26,30)/t13?,16-,22-/m0/s1. The van der Waals surface area contributed by atoms with E-state index in [-0.39, 0.29) is 23.6 Å². The zero-order chi connectivity index (χ0) is 22.6. The van der Waals surface area contributed by atoms with Gasteiger partial charge in [-0.15, -0.1) is 0 Å². The van der Waals surface area contributed by atoms with Crippen molar-refractivity contribution in [3.8, 4) is 0 Å². The lowest BCUT2D eigenvalue weighted by Gasteiger charge is -2.19. The molecule has 3 aromatic rings. The molecule has 2 fully saturated rings. The quantitative estimate of drug-likeness (QED) is 0.464. The van der Waals surface area contributed by atoms with E-state index in [1.54, 1.807) is 40.5 Å². The highest BCUT2D eigenvalue weighted by atomic mass is 16.3. The van der Waals surface area contributed by atoms with E-state index in [2.05, 4.69) is 26.0 Å². The molecule has 0 radical (unpaired) electrons. The first-order valence-electron chi connectivity index (χ1n) is 10.9. The maximum absolute atomic E-state index is 13.0. The number of nitrogens with zero attached hydrogens (tertiary/aromatic N) is 4. The fourth-order valence-corrected chi connectivity index (χ4v) is 4.68. The van der Waals surface area contributed by atoms with Crippen LogP contribution >= 0.6 is 0 Å². The zero-order valence-electron chi connectivity index (χ0n) is 18.3. The Balaban J connectivity index is 1.48. The average molecular weight is 438 g/mol. The molecule has 1 amide bonds. The first-order chi connectivity index (χ1) is 15.3. The number of aromatic nitrogens is 4. The molecule has 1 unspecified atom stereocenters. The van der Waals surface area contributed by atoms with Crippen LogP contribution in [0.25, 0.3) is 5.65 Å². The molecule has 0 aliphatic heterocycles. The van der Waals surface area contributed by atoms with Gasteiger partial charge in [0, 0.05) is 25.4 Å². The molecular formula is C22H27N7O3. The monoisotopic (exact) mass is 437 g/mol. The van der Waals surface area contributed by atoms with E-state index in [9.17, 15) is 14.7 Å². The number of amides is 1. The number of carbonyl (C=O) groups excluding carboxylic acids is 1. The topological polar surface area (TPSA) is 126 Å². The molecule has 0 aromatic carbocycles. The Morgan fingerprint density at radius 2 is 2.16 bits per heavy atom. The van der Waals surface area contributed by atoms with Crippen LogP contribution < -0.4 is 21.5 Å². The largest absolute Gasteiger partial charge is 0.387 e. The fourth-order valence-electron chi connectivity index (χ4n) is 4.68. The van der Waals surface area contributed by atoms with Crippen molar-refractivity contribution in [2.45, 2.75) is 50.8 Å². The summed E-state index contributed by atoms with van der Waals surface area (Å²) < 4.78 is 3.18. The Kier molecular flexibility index (Phi) is 4.70. The number of aliphatic hydroxyl groups is 1. The molecule has 10 heteroatoms. The van der Waals surface area contributed by atoms with E-state index in [4.69, 9.17) is 0 Å². The van der Waals surface area contributed by atoms with Gasteiger partial charge in [0.15, 0.2) is 5.65 Å². The number of anilines is 3. The molecular weight excluding hydrogens is 410 g/mol. The second-order valence-corrected chi connectivity index (χ2v) is 8.92. The SMILES string of the molecule is CNc1cc(Nc2cccn(C(C)C)c2=O)nc2c(C(=O)N[C@H]3CCC4C[C@]43O)cnn12. The molecule has 2 aliphatic carbocycles. The molecule has 2 saturated carbocycles. The molecule has 168 valence electrons. The predicted octanol–water partition coefficient (Wildman–Crippen LogP) is 1.90. The van der Waals surface area contributed by atoms with Gasteiger partial charge in [0.25, 0.3) is 11.5 Å². The van der Waals surface area contributed by atoms with E-state index in [1.165, 1.54) is 6.20 Å². The van der Waals surface area contributed by atoms with Crippen LogP contribution in [0.1, 0.15) is 49.5 Å². The van der Waals surface area contributed by atoms with E-state index >= 15 is 0 Å². The van der Waals surface area contributed by atoms with Gasteiger partial charge in [0.05, 0.1) is 17.8 Å². The normalized spacial score (nSPS) is 23.9.